The minimum Gasteiger partial charge on any atom is -0.450 e. The molecule has 0 aromatic carbocycles. The molecule has 4 nitrogen and oxygen atoms in total. The quantitative estimate of drug-likeness (QED) is 0.461. The fraction of sp³-hybridized carbons (Fsp3) is 0.714. The van der Waals surface area contributed by atoms with Crippen molar-refractivity contribution in [3.63, 3.8) is 0 Å². The van der Waals surface area contributed by atoms with Gasteiger partial charge in [0.1, 0.15) is 6.29 Å². The van der Waals surface area contributed by atoms with Gasteiger partial charge in [-0.2, -0.15) is 0 Å². The number of unbranched alkanes of at least 4 members (excludes halogenated alkanes) is 3. The first-order chi connectivity index (χ1) is 5.27. The van der Waals surface area contributed by atoms with Crippen LogP contribution >= 0.6 is 0 Å². The molecule has 64 valence electrons. The minimum absolute atomic E-state index is 0.355. The zero-order chi connectivity index (χ0) is 8.53. The maximum Gasteiger partial charge on any atom is 0.404 e. The summed E-state index contributed by atoms with van der Waals surface area (Å²) < 4.78 is 4.47. The lowest BCUT2D eigenvalue weighted by atomic mass is 10.2. The molecule has 4 heteroatoms. The van der Waals surface area contributed by atoms with Gasteiger partial charge in [0.15, 0.2) is 0 Å². The van der Waals surface area contributed by atoms with Gasteiger partial charge in [-0.3, -0.25) is 0 Å². The van der Waals surface area contributed by atoms with Crippen molar-refractivity contribution in [1.29, 1.82) is 0 Å². The van der Waals surface area contributed by atoms with Gasteiger partial charge in [-0.15, -0.1) is 0 Å². The summed E-state index contributed by atoms with van der Waals surface area (Å²) in [6.45, 7) is 0.355. The summed E-state index contributed by atoms with van der Waals surface area (Å²) in [6.07, 6.45) is 3.25. The van der Waals surface area contributed by atoms with E-state index in [0.717, 1.165) is 25.5 Å². The Morgan fingerprint density at radius 1 is 1.36 bits per heavy atom. The molecule has 0 aliphatic rings. The van der Waals surface area contributed by atoms with Crippen LogP contribution in [0.1, 0.15) is 25.7 Å². The van der Waals surface area contributed by atoms with Crippen molar-refractivity contribution in [2.75, 3.05) is 6.61 Å². The number of carbonyl (C=O) groups excluding carboxylic acids is 2. The van der Waals surface area contributed by atoms with E-state index in [1.807, 2.05) is 0 Å². The van der Waals surface area contributed by atoms with Gasteiger partial charge in [0.25, 0.3) is 0 Å². The Morgan fingerprint density at radius 2 is 2.09 bits per heavy atom. The lowest BCUT2D eigenvalue weighted by molar-refractivity contribution is -0.107. The molecule has 1 amide bonds. The second kappa shape index (κ2) is 7.05. The number of hydrogen-bond acceptors (Lipinski definition) is 3. The van der Waals surface area contributed by atoms with Gasteiger partial charge < -0.3 is 15.3 Å². The average Bonchev–Trinajstić information content (AvgIpc) is 1.96. The van der Waals surface area contributed by atoms with E-state index in [-0.39, 0.29) is 0 Å². The largest absolute Gasteiger partial charge is 0.450 e. The monoisotopic (exact) mass is 159 g/mol. The number of nitrogens with two attached hydrogens (primary N) is 1. The van der Waals surface area contributed by atoms with Crippen LogP contribution in [0.3, 0.4) is 0 Å². The van der Waals surface area contributed by atoms with Crippen LogP contribution in [0.4, 0.5) is 4.79 Å². The number of ether oxygens (including phenoxy) is 1. The lowest BCUT2D eigenvalue weighted by Gasteiger charge is -1.98. The van der Waals surface area contributed by atoms with Crippen molar-refractivity contribution in [3.05, 3.63) is 0 Å². The minimum atomic E-state index is -0.736. The predicted octanol–water partition coefficient (Wildman–Crippen LogP) is 0.841. The van der Waals surface area contributed by atoms with Crippen LogP contribution in [-0.2, 0) is 9.53 Å². The molecule has 0 fully saturated rings. The van der Waals surface area contributed by atoms with E-state index in [9.17, 15) is 9.59 Å². The van der Waals surface area contributed by atoms with E-state index in [1.165, 1.54) is 0 Å². The predicted molar refractivity (Wildman–Crippen MR) is 40.1 cm³/mol. The first kappa shape index (κ1) is 9.94. The maximum atomic E-state index is 10.0. The molecule has 0 spiro atoms. The van der Waals surface area contributed by atoms with Gasteiger partial charge >= 0.3 is 6.09 Å². The average molecular weight is 159 g/mol. The molecule has 0 aliphatic carbocycles. The van der Waals surface area contributed by atoms with Crippen molar-refractivity contribution in [1.82, 2.24) is 0 Å². The molecule has 0 bridgehead atoms. The van der Waals surface area contributed by atoms with E-state index in [4.69, 9.17) is 5.73 Å². The summed E-state index contributed by atoms with van der Waals surface area (Å²) in [6, 6.07) is 0. The highest BCUT2D eigenvalue weighted by atomic mass is 16.5. The van der Waals surface area contributed by atoms with Gasteiger partial charge in [0, 0.05) is 6.42 Å². The Labute approximate surface area is 65.7 Å². The summed E-state index contributed by atoms with van der Waals surface area (Å²) >= 11 is 0. The van der Waals surface area contributed by atoms with E-state index in [2.05, 4.69) is 4.74 Å². The van der Waals surface area contributed by atoms with Crippen molar-refractivity contribution < 1.29 is 14.3 Å². The zero-order valence-electron chi connectivity index (χ0n) is 6.41. The molecule has 0 rings (SSSR count). The van der Waals surface area contributed by atoms with Crippen molar-refractivity contribution in [3.8, 4) is 0 Å². The fourth-order valence-corrected chi connectivity index (χ4v) is 0.679. The number of rotatable bonds is 6. The molecule has 11 heavy (non-hydrogen) atoms. The highest BCUT2D eigenvalue weighted by Crippen LogP contribution is 1.97. The topological polar surface area (TPSA) is 69.4 Å². The molecule has 2 N–H and O–H groups in total. The molecule has 0 saturated heterocycles. The molecule has 0 saturated carbocycles. The Morgan fingerprint density at radius 3 is 2.64 bits per heavy atom. The van der Waals surface area contributed by atoms with Gasteiger partial charge in [-0.05, 0) is 19.3 Å². The molecular formula is C7H13NO3. The lowest BCUT2D eigenvalue weighted by Crippen LogP contribution is -2.13. The highest BCUT2D eigenvalue weighted by molar-refractivity contribution is 5.64. The van der Waals surface area contributed by atoms with E-state index in [1.54, 1.807) is 0 Å². The molecule has 0 aliphatic heterocycles. The van der Waals surface area contributed by atoms with Gasteiger partial charge in [-0.25, -0.2) is 4.79 Å². The van der Waals surface area contributed by atoms with Crippen molar-refractivity contribution in [2.24, 2.45) is 5.73 Å². The Hall–Kier alpha value is -1.06. The Balaban J connectivity index is 2.90. The number of carbonyl (C=O) groups is 2. The Kier molecular flexibility index (Phi) is 6.37. The molecular weight excluding hydrogens is 146 g/mol. The number of aldehydes is 1. The highest BCUT2D eigenvalue weighted by Gasteiger charge is 1.92. The summed E-state index contributed by atoms with van der Waals surface area (Å²) in [5.41, 5.74) is 4.72. The molecule has 0 radical (unpaired) electrons. The molecule has 0 heterocycles. The summed E-state index contributed by atoms with van der Waals surface area (Å²) in [5.74, 6) is 0. The molecule has 0 aromatic heterocycles. The molecule has 0 atom stereocenters. The van der Waals surface area contributed by atoms with Crippen molar-refractivity contribution >= 4 is 12.4 Å². The van der Waals surface area contributed by atoms with E-state index in [0.29, 0.717) is 13.0 Å². The number of amides is 1. The smallest absolute Gasteiger partial charge is 0.404 e. The second-order valence-electron chi connectivity index (χ2n) is 2.18. The standard InChI is InChI=1S/C7H13NO3/c8-7(10)11-6-4-2-1-3-5-9/h5H,1-4,6H2,(H2,8,10). The maximum absolute atomic E-state index is 10.0. The van der Waals surface area contributed by atoms with Crippen LogP contribution in [-0.4, -0.2) is 19.0 Å². The SMILES string of the molecule is NC(=O)OCCCCCC=O. The third-order valence-electron chi connectivity index (χ3n) is 1.21. The van der Waals surface area contributed by atoms with Crippen LogP contribution in [0, 0.1) is 0 Å². The van der Waals surface area contributed by atoms with Crippen LogP contribution in [0.5, 0.6) is 0 Å². The summed E-state index contributed by atoms with van der Waals surface area (Å²) in [5, 5.41) is 0. The molecule has 0 aromatic rings. The van der Waals surface area contributed by atoms with Gasteiger partial charge in [0.05, 0.1) is 6.61 Å². The van der Waals surface area contributed by atoms with Gasteiger partial charge in [0.2, 0.25) is 0 Å². The number of primary amides is 1. The third kappa shape index (κ3) is 8.94. The fourth-order valence-electron chi connectivity index (χ4n) is 0.679. The first-order valence-corrected chi connectivity index (χ1v) is 3.63. The van der Waals surface area contributed by atoms with Gasteiger partial charge in [-0.1, -0.05) is 0 Å². The number of hydrogen-bond donors (Lipinski definition) is 1. The molecule has 0 unspecified atom stereocenters. The Bertz CT molecular complexity index is 125. The van der Waals surface area contributed by atoms with Crippen molar-refractivity contribution in [2.45, 2.75) is 25.7 Å². The second-order valence-corrected chi connectivity index (χ2v) is 2.18. The van der Waals surface area contributed by atoms with Crippen LogP contribution in [0.2, 0.25) is 0 Å². The normalized spacial score (nSPS) is 9.09. The van der Waals surface area contributed by atoms with E-state index < -0.39 is 6.09 Å². The third-order valence-corrected chi connectivity index (χ3v) is 1.21. The summed E-state index contributed by atoms with van der Waals surface area (Å²) in [7, 11) is 0. The van der Waals surface area contributed by atoms with Crippen LogP contribution in [0.25, 0.3) is 0 Å². The van der Waals surface area contributed by atoms with E-state index >= 15 is 0 Å². The zero-order valence-corrected chi connectivity index (χ0v) is 6.41. The summed E-state index contributed by atoms with van der Waals surface area (Å²) in [4.78, 5) is 19.9. The van der Waals surface area contributed by atoms with Crippen LogP contribution < -0.4 is 5.73 Å². The van der Waals surface area contributed by atoms with Crippen LogP contribution in [0.15, 0.2) is 0 Å². The first-order valence-electron chi connectivity index (χ1n) is 3.63.